The Labute approximate surface area is 132 Å². The third-order valence-corrected chi connectivity index (χ3v) is 3.68. The van der Waals surface area contributed by atoms with Crippen molar-refractivity contribution >= 4 is 23.1 Å². The second-order valence-electron chi connectivity index (χ2n) is 5.22. The molecular weight excluding hydrogens is 306 g/mol. The van der Waals surface area contributed by atoms with Crippen LogP contribution in [0.4, 0.5) is 11.5 Å². The number of pyridine rings is 1. The number of hydrogen-bond donors (Lipinski definition) is 2. The predicted molar refractivity (Wildman–Crippen MR) is 85.1 cm³/mol. The van der Waals surface area contributed by atoms with Gasteiger partial charge in [-0.05, 0) is 26.0 Å². The number of rotatable bonds is 5. The third kappa shape index (κ3) is 3.52. The van der Waals surface area contributed by atoms with Gasteiger partial charge in [0.25, 0.3) is 5.69 Å². The van der Waals surface area contributed by atoms with E-state index in [0.717, 1.165) is 0 Å². The van der Waals surface area contributed by atoms with Crippen molar-refractivity contribution in [3.8, 4) is 0 Å². The first-order valence-corrected chi connectivity index (χ1v) is 7.01. The lowest BCUT2D eigenvalue weighted by atomic mass is 9.96. The number of benzene rings is 1. The molecule has 1 unspecified atom stereocenters. The van der Waals surface area contributed by atoms with Gasteiger partial charge in [0, 0.05) is 22.7 Å². The molecule has 2 rings (SSSR count). The molecule has 22 heavy (non-hydrogen) atoms. The lowest BCUT2D eigenvalue weighted by Gasteiger charge is -2.25. The normalized spacial score (nSPS) is 13.5. The van der Waals surface area contributed by atoms with Crippen molar-refractivity contribution in [2.24, 2.45) is 0 Å². The van der Waals surface area contributed by atoms with Crippen LogP contribution >= 0.6 is 11.6 Å². The summed E-state index contributed by atoms with van der Waals surface area (Å²) in [5.41, 5.74) is -0.138. The van der Waals surface area contributed by atoms with E-state index in [4.69, 9.17) is 11.6 Å². The summed E-state index contributed by atoms with van der Waals surface area (Å²) in [6.45, 7) is 3.44. The monoisotopic (exact) mass is 321 g/mol. The van der Waals surface area contributed by atoms with Crippen molar-refractivity contribution in [3.05, 3.63) is 62.8 Å². The van der Waals surface area contributed by atoms with E-state index < -0.39 is 10.5 Å². The molecule has 6 nitrogen and oxygen atoms in total. The summed E-state index contributed by atoms with van der Waals surface area (Å²) in [4.78, 5) is 14.3. The Morgan fingerprint density at radius 1 is 1.45 bits per heavy atom. The van der Waals surface area contributed by atoms with Gasteiger partial charge in [0.05, 0.1) is 4.92 Å². The number of aliphatic hydroxyl groups is 1. The Morgan fingerprint density at radius 3 is 2.73 bits per heavy atom. The molecule has 2 aromatic rings. The molecule has 0 spiro atoms. The molecular formula is C15H16ClN3O3. The molecule has 0 saturated carbocycles. The standard InChI is InChI=1S/C15H16ClN3O3/c1-10-7-14(17-8-13(10)19(21)22)18-9-15(2,20)11-5-3-4-6-12(11)16/h3-8,20H,9H2,1-2H3,(H,17,18). The molecule has 0 fully saturated rings. The quantitative estimate of drug-likeness (QED) is 0.651. The highest BCUT2D eigenvalue weighted by atomic mass is 35.5. The highest BCUT2D eigenvalue weighted by molar-refractivity contribution is 6.31. The van der Waals surface area contributed by atoms with Crippen molar-refractivity contribution in [2.75, 3.05) is 11.9 Å². The van der Waals surface area contributed by atoms with Crippen LogP contribution in [-0.4, -0.2) is 21.6 Å². The van der Waals surface area contributed by atoms with Gasteiger partial charge in [0.15, 0.2) is 0 Å². The fraction of sp³-hybridized carbons (Fsp3) is 0.267. The molecule has 1 heterocycles. The van der Waals surface area contributed by atoms with Gasteiger partial charge in [0.1, 0.15) is 17.6 Å². The largest absolute Gasteiger partial charge is 0.384 e. The van der Waals surface area contributed by atoms with E-state index in [-0.39, 0.29) is 12.2 Å². The van der Waals surface area contributed by atoms with E-state index in [9.17, 15) is 15.2 Å². The molecule has 116 valence electrons. The minimum atomic E-state index is -1.20. The van der Waals surface area contributed by atoms with E-state index in [0.29, 0.717) is 22.0 Å². The van der Waals surface area contributed by atoms with Gasteiger partial charge in [-0.3, -0.25) is 10.1 Å². The second kappa shape index (κ2) is 6.29. The van der Waals surface area contributed by atoms with Gasteiger partial charge in [-0.2, -0.15) is 0 Å². The van der Waals surface area contributed by atoms with Crippen LogP contribution in [-0.2, 0) is 5.60 Å². The molecule has 0 aliphatic rings. The first-order valence-electron chi connectivity index (χ1n) is 6.63. The number of aromatic nitrogens is 1. The minimum absolute atomic E-state index is 0.0385. The highest BCUT2D eigenvalue weighted by Crippen LogP contribution is 2.28. The number of hydrogen-bond acceptors (Lipinski definition) is 5. The number of nitrogens with zero attached hydrogens (tertiary/aromatic N) is 2. The summed E-state index contributed by atoms with van der Waals surface area (Å²) in [6.07, 6.45) is 1.20. The zero-order valence-corrected chi connectivity index (χ0v) is 13.0. The van der Waals surface area contributed by atoms with Crippen LogP contribution in [0.5, 0.6) is 0 Å². The Morgan fingerprint density at radius 2 is 2.14 bits per heavy atom. The van der Waals surface area contributed by atoms with Crippen LogP contribution in [0.3, 0.4) is 0 Å². The fourth-order valence-electron chi connectivity index (χ4n) is 2.09. The maximum atomic E-state index is 10.8. The van der Waals surface area contributed by atoms with Crippen LogP contribution in [0.2, 0.25) is 5.02 Å². The SMILES string of the molecule is Cc1cc(NCC(C)(O)c2ccccc2Cl)ncc1[N+](=O)[O-]. The molecule has 1 aromatic carbocycles. The van der Waals surface area contributed by atoms with Crippen LogP contribution in [0, 0.1) is 17.0 Å². The molecule has 0 saturated heterocycles. The Balaban J connectivity index is 2.14. The Hall–Kier alpha value is -2.18. The minimum Gasteiger partial charge on any atom is -0.384 e. The summed E-state index contributed by atoms with van der Waals surface area (Å²) in [6, 6.07) is 8.61. The maximum absolute atomic E-state index is 10.8. The van der Waals surface area contributed by atoms with Crippen molar-refractivity contribution < 1.29 is 10.0 Å². The molecule has 7 heteroatoms. The van der Waals surface area contributed by atoms with Crippen LogP contribution in [0.15, 0.2) is 36.5 Å². The molecule has 0 amide bonds. The van der Waals surface area contributed by atoms with E-state index in [1.807, 2.05) is 0 Å². The predicted octanol–water partition coefficient (Wildman–Crippen LogP) is 3.27. The van der Waals surface area contributed by atoms with E-state index >= 15 is 0 Å². The second-order valence-corrected chi connectivity index (χ2v) is 5.63. The van der Waals surface area contributed by atoms with Crippen molar-refractivity contribution in [2.45, 2.75) is 19.4 Å². The number of nitro groups is 1. The summed E-state index contributed by atoms with van der Waals surface area (Å²) in [5, 5.41) is 24.8. The zero-order chi connectivity index (χ0) is 16.3. The highest BCUT2D eigenvalue weighted by Gasteiger charge is 2.25. The summed E-state index contributed by atoms with van der Waals surface area (Å²) in [5.74, 6) is 0.454. The Bertz CT molecular complexity index is 704. The molecule has 1 aromatic heterocycles. The van der Waals surface area contributed by atoms with Crippen molar-refractivity contribution in [1.29, 1.82) is 0 Å². The molecule has 0 aliphatic heterocycles. The van der Waals surface area contributed by atoms with Gasteiger partial charge in [0.2, 0.25) is 0 Å². The molecule has 1 atom stereocenters. The van der Waals surface area contributed by atoms with Crippen molar-refractivity contribution in [1.82, 2.24) is 4.98 Å². The number of aryl methyl sites for hydroxylation is 1. The zero-order valence-electron chi connectivity index (χ0n) is 12.2. The van der Waals surface area contributed by atoms with Crippen molar-refractivity contribution in [3.63, 3.8) is 0 Å². The topological polar surface area (TPSA) is 88.3 Å². The van der Waals surface area contributed by atoms with Gasteiger partial charge < -0.3 is 10.4 Å². The third-order valence-electron chi connectivity index (χ3n) is 3.35. The van der Waals surface area contributed by atoms with E-state index in [2.05, 4.69) is 10.3 Å². The van der Waals surface area contributed by atoms with Gasteiger partial charge in [-0.15, -0.1) is 0 Å². The Kier molecular flexibility index (Phi) is 4.63. The molecule has 0 radical (unpaired) electrons. The van der Waals surface area contributed by atoms with E-state index in [1.165, 1.54) is 6.20 Å². The average Bonchev–Trinajstić information content (AvgIpc) is 2.45. The van der Waals surface area contributed by atoms with Crippen LogP contribution in [0.1, 0.15) is 18.1 Å². The van der Waals surface area contributed by atoms with Gasteiger partial charge >= 0.3 is 0 Å². The first kappa shape index (κ1) is 16.2. The van der Waals surface area contributed by atoms with Crippen LogP contribution < -0.4 is 5.32 Å². The lowest BCUT2D eigenvalue weighted by molar-refractivity contribution is -0.385. The molecule has 0 bridgehead atoms. The van der Waals surface area contributed by atoms with Crippen LogP contribution in [0.25, 0.3) is 0 Å². The summed E-state index contributed by atoms with van der Waals surface area (Å²) in [7, 11) is 0. The maximum Gasteiger partial charge on any atom is 0.290 e. The fourth-order valence-corrected chi connectivity index (χ4v) is 2.43. The van der Waals surface area contributed by atoms with Gasteiger partial charge in [-0.1, -0.05) is 29.8 Å². The molecule has 2 N–H and O–H groups in total. The smallest absolute Gasteiger partial charge is 0.290 e. The lowest BCUT2D eigenvalue weighted by Crippen LogP contribution is -2.31. The van der Waals surface area contributed by atoms with Gasteiger partial charge in [-0.25, -0.2) is 4.98 Å². The molecule has 0 aliphatic carbocycles. The number of nitrogens with one attached hydrogen (secondary N) is 1. The first-order chi connectivity index (χ1) is 10.3. The summed E-state index contributed by atoms with van der Waals surface area (Å²) < 4.78 is 0. The number of halogens is 1. The summed E-state index contributed by atoms with van der Waals surface area (Å²) >= 11 is 6.09. The number of anilines is 1. The average molecular weight is 322 g/mol. The van der Waals surface area contributed by atoms with E-state index in [1.54, 1.807) is 44.2 Å².